The van der Waals surface area contributed by atoms with E-state index in [1.54, 1.807) is 51.4 Å². The molecule has 1 amide bonds. The van der Waals surface area contributed by atoms with Crippen LogP contribution in [0, 0.1) is 0 Å². The normalized spacial score (nSPS) is 11.2. The second kappa shape index (κ2) is 8.10. The Bertz CT molecular complexity index is 1170. The molecule has 0 aliphatic heterocycles. The fourth-order valence-electron chi connectivity index (χ4n) is 2.28. The zero-order chi connectivity index (χ0) is 21.2. The molecule has 0 atom stereocenters. The summed E-state index contributed by atoms with van der Waals surface area (Å²) in [7, 11) is 0. The number of hydrogen-bond acceptors (Lipinski definition) is 7. The van der Waals surface area contributed by atoms with E-state index in [0.717, 1.165) is 0 Å². The first kappa shape index (κ1) is 20.6. The number of nitrogens with two attached hydrogens (primary N) is 1. The smallest absolute Gasteiger partial charge is 0.413 e. The topological polar surface area (TPSA) is 125 Å². The molecule has 3 N–H and O–H groups in total. The van der Waals surface area contributed by atoms with Crippen LogP contribution in [0.25, 0.3) is 11.3 Å². The van der Waals surface area contributed by atoms with Gasteiger partial charge < -0.3 is 10.5 Å². The summed E-state index contributed by atoms with van der Waals surface area (Å²) in [6.07, 6.45) is 2.62. The standard InChI is InChI=1S/C11H13ClN4O2.C6H5ClN4/c1-11(2,3)18-10(17)15-9-6-7(12)14-8-4-5-13-16(8)9;7-4-3-5(8)11-6(10-4)1-2-9-11/h4-6H,1-3H3,(H,15,17);1-3H,8H2. The van der Waals surface area contributed by atoms with Gasteiger partial charge in [-0.25, -0.2) is 14.8 Å². The number of aromatic nitrogens is 6. The van der Waals surface area contributed by atoms with Gasteiger partial charge in [0.05, 0.1) is 12.4 Å². The molecule has 4 aromatic heterocycles. The van der Waals surface area contributed by atoms with Crippen LogP contribution in [-0.2, 0) is 4.74 Å². The van der Waals surface area contributed by atoms with Gasteiger partial charge in [0, 0.05) is 24.3 Å². The van der Waals surface area contributed by atoms with Crippen molar-refractivity contribution in [3.8, 4) is 0 Å². The molecular formula is C17H18Cl2N8O2. The number of hydrogen-bond donors (Lipinski definition) is 2. The van der Waals surface area contributed by atoms with E-state index in [4.69, 9.17) is 33.7 Å². The Morgan fingerprint density at radius 2 is 1.59 bits per heavy atom. The molecule has 4 aromatic rings. The summed E-state index contributed by atoms with van der Waals surface area (Å²) in [4.78, 5) is 19.7. The number of anilines is 2. The van der Waals surface area contributed by atoms with E-state index in [2.05, 4.69) is 25.5 Å². The van der Waals surface area contributed by atoms with Gasteiger partial charge in [0.1, 0.15) is 27.5 Å². The lowest BCUT2D eigenvalue weighted by Gasteiger charge is -2.19. The van der Waals surface area contributed by atoms with E-state index < -0.39 is 11.7 Å². The van der Waals surface area contributed by atoms with Gasteiger partial charge in [-0.1, -0.05) is 23.2 Å². The third kappa shape index (κ3) is 5.24. The lowest BCUT2D eigenvalue weighted by atomic mass is 10.2. The minimum absolute atomic E-state index is 0.272. The number of carbonyl (C=O) groups is 1. The maximum Gasteiger partial charge on any atom is 0.413 e. The van der Waals surface area contributed by atoms with Gasteiger partial charge in [-0.2, -0.15) is 19.2 Å². The molecule has 12 heteroatoms. The first-order valence-electron chi connectivity index (χ1n) is 8.38. The van der Waals surface area contributed by atoms with Crippen molar-refractivity contribution >= 4 is 52.2 Å². The van der Waals surface area contributed by atoms with Gasteiger partial charge in [-0.15, -0.1) is 0 Å². The number of nitrogens with zero attached hydrogens (tertiary/aromatic N) is 6. The molecule has 152 valence electrons. The summed E-state index contributed by atoms with van der Waals surface area (Å²) in [6, 6.07) is 6.49. The third-order valence-corrected chi connectivity index (χ3v) is 3.70. The predicted molar refractivity (Wildman–Crippen MR) is 110 cm³/mol. The van der Waals surface area contributed by atoms with E-state index in [1.807, 2.05) is 0 Å². The summed E-state index contributed by atoms with van der Waals surface area (Å²) in [5.41, 5.74) is 6.22. The fourth-order valence-corrected chi connectivity index (χ4v) is 2.67. The van der Waals surface area contributed by atoms with Crippen molar-refractivity contribution < 1.29 is 9.53 Å². The van der Waals surface area contributed by atoms with Crippen LogP contribution < -0.4 is 11.1 Å². The third-order valence-electron chi connectivity index (χ3n) is 3.31. The number of nitrogens with one attached hydrogen (secondary N) is 1. The number of nitrogen functional groups attached to an aromatic ring is 1. The van der Waals surface area contributed by atoms with Gasteiger partial charge in [-0.3, -0.25) is 5.32 Å². The predicted octanol–water partition coefficient (Wildman–Crippen LogP) is 3.69. The van der Waals surface area contributed by atoms with E-state index in [9.17, 15) is 4.79 Å². The van der Waals surface area contributed by atoms with Crippen LogP contribution in [-0.4, -0.2) is 40.9 Å². The largest absolute Gasteiger partial charge is 0.444 e. The summed E-state index contributed by atoms with van der Waals surface area (Å²) >= 11 is 11.5. The summed E-state index contributed by atoms with van der Waals surface area (Å²) in [6.45, 7) is 5.36. The average molecular weight is 437 g/mol. The second-order valence-electron chi connectivity index (χ2n) is 6.80. The van der Waals surface area contributed by atoms with Crippen LogP contribution in [0.5, 0.6) is 0 Å². The van der Waals surface area contributed by atoms with E-state index in [0.29, 0.717) is 28.1 Å². The van der Waals surface area contributed by atoms with Crippen LogP contribution in [0.2, 0.25) is 10.3 Å². The number of halogens is 2. The number of carbonyl (C=O) groups excluding carboxylic acids is 1. The minimum atomic E-state index is -0.568. The SMILES string of the molecule is CC(C)(C)OC(=O)Nc1cc(Cl)nc2ccnn12.Nc1cc(Cl)nc2ccnn12. The molecule has 0 aromatic carbocycles. The Balaban J connectivity index is 0.000000186. The van der Waals surface area contributed by atoms with Crippen molar-refractivity contribution in [1.82, 2.24) is 29.2 Å². The molecule has 0 saturated heterocycles. The molecule has 10 nitrogen and oxygen atoms in total. The van der Waals surface area contributed by atoms with Crippen molar-refractivity contribution in [3.63, 3.8) is 0 Å². The number of fused-ring (bicyclic) bond motifs is 2. The molecule has 0 saturated carbocycles. The maximum atomic E-state index is 11.7. The highest BCUT2D eigenvalue weighted by Crippen LogP contribution is 2.17. The molecule has 0 spiro atoms. The summed E-state index contributed by atoms with van der Waals surface area (Å²) in [5, 5.41) is 11.2. The number of ether oxygens (including phenoxy) is 1. The van der Waals surface area contributed by atoms with Gasteiger partial charge in [0.25, 0.3) is 0 Å². The van der Waals surface area contributed by atoms with E-state index in [-0.39, 0.29) is 5.15 Å². The highest BCUT2D eigenvalue weighted by atomic mass is 35.5. The second-order valence-corrected chi connectivity index (χ2v) is 7.57. The molecule has 4 rings (SSSR count). The minimum Gasteiger partial charge on any atom is -0.444 e. The molecule has 0 aliphatic carbocycles. The lowest BCUT2D eigenvalue weighted by Crippen LogP contribution is -2.28. The van der Waals surface area contributed by atoms with Gasteiger partial charge >= 0.3 is 6.09 Å². The molecular weight excluding hydrogens is 419 g/mol. The number of amides is 1. The Kier molecular flexibility index (Phi) is 5.76. The zero-order valence-corrected chi connectivity index (χ0v) is 17.3. The highest BCUT2D eigenvalue weighted by Gasteiger charge is 2.17. The molecule has 29 heavy (non-hydrogen) atoms. The van der Waals surface area contributed by atoms with Crippen LogP contribution in [0.3, 0.4) is 0 Å². The Labute approximate surface area is 175 Å². The average Bonchev–Trinajstić information content (AvgIpc) is 3.22. The summed E-state index contributed by atoms with van der Waals surface area (Å²) in [5.74, 6) is 0.897. The van der Waals surface area contributed by atoms with Gasteiger partial charge in [0.15, 0.2) is 11.3 Å². The van der Waals surface area contributed by atoms with E-state index >= 15 is 0 Å². The van der Waals surface area contributed by atoms with Crippen LogP contribution in [0.1, 0.15) is 20.8 Å². The van der Waals surface area contributed by atoms with Crippen molar-refractivity contribution in [1.29, 1.82) is 0 Å². The first-order valence-corrected chi connectivity index (χ1v) is 9.14. The summed E-state index contributed by atoms with van der Waals surface area (Å²) < 4.78 is 8.14. The van der Waals surface area contributed by atoms with E-state index in [1.165, 1.54) is 15.1 Å². The van der Waals surface area contributed by atoms with Crippen LogP contribution in [0.15, 0.2) is 36.7 Å². The monoisotopic (exact) mass is 436 g/mol. The zero-order valence-electron chi connectivity index (χ0n) is 15.8. The molecule has 0 fully saturated rings. The molecule has 0 bridgehead atoms. The van der Waals surface area contributed by atoms with Gasteiger partial charge in [0.2, 0.25) is 0 Å². The fraction of sp³-hybridized carbons (Fsp3) is 0.235. The quantitative estimate of drug-likeness (QED) is 0.435. The lowest BCUT2D eigenvalue weighted by molar-refractivity contribution is 0.0635. The van der Waals surface area contributed by atoms with Crippen molar-refractivity contribution in [2.75, 3.05) is 11.1 Å². The van der Waals surface area contributed by atoms with Gasteiger partial charge in [-0.05, 0) is 20.8 Å². The van der Waals surface area contributed by atoms with Crippen molar-refractivity contribution in [3.05, 3.63) is 47.0 Å². The Morgan fingerprint density at radius 3 is 2.21 bits per heavy atom. The van der Waals surface area contributed by atoms with Crippen LogP contribution in [0.4, 0.5) is 16.4 Å². The molecule has 4 heterocycles. The molecule has 0 aliphatic rings. The number of rotatable bonds is 1. The maximum absolute atomic E-state index is 11.7. The Morgan fingerprint density at radius 1 is 1.03 bits per heavy atom. The first-order chi connectivity index (χ1) is 13.6. The molecule has 0 unspecified atom stereocenters. The molecule has 0 radical (unpaired) electrons. The highest BCUT2D eigenvalue weighted by molar-refractivity contribution is 6.30. The Hall–Kier alpha value is -3.11. The van der Waals surface area contributed by atoms with Crippen LogP contribution >= 0.6 is 23.2 Å². The van der Waals surface area contributed by atoms with Crippen molar-refractivity contribution in [2.24, 2.45) is 0 Å². The van der Waals surface area contributed by atoms with Crippen molar-refractivity contribution in [2.45, 2.75) is 26.4 Å².